The number of hydrogen-bond acceptors (Lipinski definition) is 2. The minimum Gasteiger partial charge on any atom is -0.481 e. The fraction of sp³-hybridized carbons (Fsp3) is 0.818. The molecule has 0 bridgehead atoms. The average Bonchev–Trinajstić information content (AvgIpc) is 2.17. The SMILES string of the molecule is CC(C)NC(=O)N1CCC(C)(C(=O)O)CC1. The van der Waals surface area contributed by atoms with Crippen LogP contribution in [-0.2, 0) is 4.79 Å². The fourth-order valence-corrected chi connectivity index (χ4v) is 1.76. The zero-order chi connectivity index (χ0) is 12.3. The van der Waals surface area contributed by atoms with Crippen molar-refractivity contribution in [3.63, 3.8) is 0 Å². The summed E-state index contributed by atoms with van der Waals surface area (Å²) in [6.45, 7) is 6.59. The van der Waals surface area contributed by atoms with Gasteiger partial charge in [-0.3, -0.25) is 4.79 Å². The number of hydrogen-bond donors (Lipinski definition) is 2. The van der Waals surface area contributed by atoms with E-state index in [9.17, 15) is 9.59 Å². The number of carboxylic acid groups (broad SMARTS) is 1. The number of carbonyl (C=O) groups is 2. The highest BCUT2D eigenvalue weighted by Crippen LogP contribution is 2.30. The van der Waals surface area contributed by atoms with Gasteiger partial charge in [-0.25, -0.2) is 4.79 Å². The molecule has 1 rings (SSSR count). The summed E-state index contributed by atoms with van der Waals surface area (Å²) in [5, 5.41) is 11.9. The number of likely N-dealkylation sites (tertiary alicyclic amines) is 1. The predicted octanol–water partition coefficient (Wildman–Crippen LogP) is 1.29. The Morgan fingerprint density at radius 2 is 1.81 bits per heavy atom. The fourth-order valence-electron chi connectivity index (χ4n) is 1.76. The van der Waals surface area contributed by atoms with E-state index in [1.54, 1.807) is 11.8 Å². The lowest BCUT2D eigenvalue weighted by molar-refractivity contribution is -0.150. The second-order valence-electron chi connectivity index (χ2n) is 4.96. The molecular weight excluding hydrogens is 208 g/mol. The zero-order valence-corrected chi connectivity index (χ0v) is 10.1. The molecule has 1 heterocycles. The lowest BCUT2D eigenvalue weighted by atomic mass is 9.80. The van der Waals surface area contributed by atoms with Crippen LogP contribution in [0.5, 0.6) is 0 Å². The summed E-state index contributed by atoms with van der Waals surface area (Å²) in [6, 6.07) is 0.0164. The summed E-state index contributed by atoms with van der Waals surface area (Å²) < 4.78 is 0. The third-order valence-corrected chi connectivity index (χ3v) is 3.08. The maximum atomic E-state index is 11.7. The van der Waals surface area contributed by atoms with Crippen molar-refractivity contribution in [3.8, 4) is 0 Å². The van der Waals surface area contributed by atoms with Gasteiger partial charge in [-0.2, -0.15) is 0 Å². The number of nitrogens with one attached hydrogen (secondary N) is 1. The van der Waals surface area contributed by atoms with Crippen molar-refractivity contribution >= 4 is 12.0 Å². The molecule has 1 aliphatic rings. The lowest BCUT2D eigenvalue weighted by Crippen LogP contribution is -2.49. The van der Waals surface area contributed by atoms with Crippen molar-refractivity contribution in [2.24, 2.45) is 5.41 Å². The summed E-state index contributed by atoms with van der Waals surface area (Å²) >= 11 is 0. The van der Waals surface area contributed by atoms with Gasteiger partial charge in [-0.05, 0) is 33.6 Å². The number of carboxylic acids is 1. The lowest BCUT2D eigenvalue weighted by Gasteiger charge is -2.36. The number of urea groups is 1. The molecular formula is C11H20N2O3. The van der Waals surface area contributed by atoms with Gasteiger partial charge in [0.15, 0.2) is 0 Å². The van der Waals surface area contributed by atoms with Crippen LogP contribution in [0.4, 0.5) is 4.79 Å². The normalized spacial score (nSPS) is 19.6. The van der Waals surface area contributed by atoms with E-state index in [2.05, 4.69) is 5.32 Å². The van der Waals surface area contributed by atoms with E-state index in [0.717, 1.165) is 0 Å². The average molecular weight is 228 g/mol. The van der Waals surface area contributed by atoms with Gasteiger partial charge in [0.1, 0.15) is 0 Å². The standard InChI is InChI=1S/C11H20N2O3/c1-8(2)12-10(16)13-6-4-11(3,5-7-13)9(14)15/h8H,4-7H2,1-3H3,(H,12,16)(H,14,15). The Hall–Kier alpha value is -1.26. The summed E-state index contributed by atoms with van der Waals surface area (Å²) in [7, 11) is 0. The maximum Gasteiger partial charge on any atom is 0.317 e. The topological polar surface area (TPSA) is 69.6 Å². The van der Waals surface area contributed by atoms with Gasteiger partial charge in [-0.1, -0.05) is 0 Å². The van der Waals surface area contributed by atoms with Crippen LogP contribution >= 0.6 is 0 Å². The highest BCUT2D eigenvalue weighted by atomic mass is 16.4. The molecule has 0 aliphatic carbocycles. The summed E-state index contributed by atoms with van der Waals surface area (Å²) in [4.78, 5) is 24.4. The van der Waals surface area contributed by atoms with Crippen LogP contribution in [0.15, 0.2) is 0 Å². The number of piperidine rings is 1. The molecule has 0 spiro atoms. The van der Waals surface area contributed by atoms with E-state index < -0.39 is 11.4 Å². The van der Waals surface area contributed by atoms with Gasteiger partial charge in [0.2, 0.25) is 0 Å². The van der Waals surface area contributed by atoms with Crippen molar-refractivity contribution in [2.45, 2.75) is 39.7 Å². The Morgan fingerprint density at radius 3 is 2.19 bits per heavy atom. The Morgan fingerprint density at radius 1 is 1.31 bits per heavy atom. The molecule has 0 aromatic carbocycles. The molecule has 1 aliphatic heterocycles. The van der Waals surface area contributed by atoms with Crippen LogP contribution < -0.4 is 5.32 Å². The van der Waals surface area contributed by atoms with E-state index >= 15 is 0 Å². The number of aliphatic carboxylic acids is 1. The van der Waals surface area contributed by atoms with Crippen LogP contribution in [0.1, 0.15) is 33.6 Å². The first-order valence-corrected chi connectivity index (χ1v) is 5.64. The van der Waals surface area contributed by atoms with E-state index in [1.165, 1.54) is 0 Å². The summed E-state index contributed by atoms with van der Waals surface area (Å²) in [6.07, 6.45) is 1.04. The van der Waals surface area contributed by atoms with E-state index in [1.807, 2.05) is 13.8 Å². The molecule has 92 valence electrons. The van der Waals surface area contributed by atoms with Crippen LogP contribution in [0.25, 0.3) is 0 Å². The quantitative estimate of drug-likeness (QED) is 0.748. The zero-order valence-electron chi connectivity index (χ0n) is 10.1. The van der Waals surface area contributed by atoms with Gasteiger partial charge in [0.05, 0.1) is 5.41 Å². The molecule has 2 N–H and O–H groups in total. The van der Waals surface area contributed by atoms with Crippen LogP contribution in [0, 0.1) is 5.41 Å². The van der Waals surface area contributed by atoms with E-state index in [4.69, 9.17) is 5.11 Å². The molecule has 0 unspecified atom stereocenters. The van der Waals surface area contributed by atoms with Crippen molar-refractivity contribution in [2.75, 3.05) is 13.1 Å². The van der Waals surface area contributed by atoms with Gasteiger partial charge >= 0.3 is 12.0 Å². The molecule has 16 heavy (non-hydrogen) atoms. The first-order valence-electron chi connectivity index (χ1n) is 5.64. The highest BCUT2D eigenvalue weighted by Gasteiger charge is 2.37. The Bertz CT molecular complexity index is 281. The van der Waals surface area contributed by atoms with Crippen molar-refractivity contribution in [1.29, 1.82) is 0 Å². The largest absolute Gasteiger partial charge is 0.481 e. The molecule has 1 fully saturated rings. The molecule has 5 heteroatoms. The number of amides is 2. The monoisotopic (exact) mass is 228 g/mol. The van der Waals surface area contributed by atoms with Crippen molar-refractivity contribution in [3.05, 3.63) is 0 Å². The van der Waals surface area contributed by atoms with Gasteiger partial charge in [0, 0.05) is 19.1 Å². The van der Waals surface area contributed by atoms with Gasteiger partial charge < -0.3 is 15.3 Å². The highest BCUT2D eigenvalue weighted by molar-refractivity contribution is 5.77. The molecule has 2 amide bonds. The summed E-state index contributed by atoms with van der Waals surface area (Å²) in [5.74, 6) is -0.767. The Labute approximate surface area is 95.8 Å². The van der Waals surface area contributed by atoms with Crippen molar-refractivity contribution < 1.29 is 14.7 Å². The van der Waals surface area contributed by atoms with Crippen LogP contribution in [0.3, 0.4) is 0 Å². The first-order chi connectivity index (χ1) is 7.35. The minimum atomic E-state index is -0.767. The number of carbonyl (C=O) groups excluding carboxylic acids is 1. The smallest absolute Gasteiger partial charge is 0.317 e. The molecule has 5 nitrogen and oxygen atoms in total. The molecule has 0 saturated carbocycles. The summed E-state index contributed by atoms with van der Waals surface area (Å²) in [5.41, 5.74) is -0.672. The third-order valence-electron chi connectivity index (χ3n) is 3.08. The number of nitrogens with zero attached hydrogens (tertiary/aromatic N) is 1. The Kier molecular flexibility index (Phi) is 3.78. The first kappa shape index (κ1) is 12.8. The molecule has 0 aromatic rings. The minimum absolute atomic E-state index is 0.0950. The van der Waals surface area contributed by atoms with E-state index in [0.29, 0.717) is 25.9 Å². The third kappa shape index (κ3) is 2.87. The molecule has 0 radical (unpaired) electrons. The number of rotatable bonds is 2. The predicted molar refractivity (Wildman–Crippen MR) is 60.2 cm³/mol. The molecule has 0 atom stereocenters. The van der Waals surface area contributed by atoms with Gasteiger partial charge in [-0.15, -0.1) is 0 Å². The molecule has 0 aromatic heterocycles. The Balaban J connectivity index is 2.49. The van der Waals surface area contributed by atoms with Crippen molar-refractivity contribution in [1.82, 2.24) is 10.2 Å². The van der Waals surface area contributed by atoms with Gasteiger partial charge in [0.25, 0.3) is 0 Å². The second-order valence-corrected chi connectivity index (χ2v) is 4.96. The maximum absolute atomic E-state index is 11.7. The van der Waals surface area contributed by atoms with Crippen LogP contribution in [0.2, 0.25) is 0 Å². The second kappa shape index (κ2) is 4.72. The molecule has 1 saturated heterocycles. The van der Waals surface area contributed by atoms with Crippen LogP contribution in [-0.4, -0.2) is 41.1 Å². The van der Waals surface area contributed by atoms with E-state index in [-0.39, 0.29) is 12.1 Å².